The van der Waals surface area contributed by atoms with Crippen LogP contribution in [0.15, 0.2) is 12.1 Å². The molecule has 2 rings (SSSR count). The van der Waals surface area contributed by atoms with Gasteiger partial charge in [0.15, 0.2) is 0 Å². The van der Waals surface area contributed by atoms with Crippen molar-refractivity contribution in [3.8, 4) is 11.8 Å². The third-order valence-corrected chi connectivity index (χ3v) is 3.84. The number of methoxy groups -OCH3 is 1. The highest BCUT2D eigenvalue weighted by Gasteiger charge is 2.27. The van der Waals surface area contributed by atoms with Crippen LogP contribution in [0.1, 0.15) is 56.2 Å². The zero-order chi connectivity index (χ0) is 17.9. The first kappa shape index (κ1) is 20.1. The van der Waals surface area contributed by atoms with E-state index in [1.165, 1.54) is 7.11 Å². The number of esters is 1. The summed E-state index contributed by atoms with van der Waals surface area (Å²) < 4.78 is 10.6. The van der Waals surface area contributed by atoms with E-state index in [0.29, 0.717) is 18.7 Å². The Balaban J connectivity index is 0.00000139. The fourth-order valence-electron chi connectivity index (χ4n) is 2.70. The number of pyridine rings is 1. The highest BCUT2D eigenvalue weighted by molar-refractivity contribution is 5.69. The predicted octanol–water partition coefficient (Wildman–Crippen LogP) is 2.79. The zero-order valence-electron chi connectivity index (χ0n) is 15.0. The number of aliphatic hydroxyl groups excluding tert-OH is 1. The summed E-state index contributed by atoms with van der Waals surface area (Å²) in [5, 5.41) is 8.72. The summed E-state index contributed by atoms with van der Waals surface area (Å²) in [5.41, 5.74) is 2.54. The Labute approximate surface area is 144 Å². The number of rotatable bonds is 3. The van der Waals surface area contributed by atoms with Gasteiger partial charge >= 0.3 is 5.97 Å². The van der Waals surface area contributed by atoms with Crippen LogP contribution in [0, 0.1) is 24.7 Å². The van der Waals surface area contributed by atoms with Crippen molar-refractivity contribution in [1.29, 1.82) is 0 Å². The molecule has 24 heavy (non-hydrogen) atoms. The quantitative estimate of drug-likeness (QED) is 0.680. The largest absolute Gasteiger partial charge is 0.469 e. The Bertz CT molecular complexity index is 589. The van der Waals surface area contributed by atoms with E-state index >= 15 is 0 Å². The minimum Gasteiger partial charge on any atom is -0.469 e. The van der Waals surface area contributed by atoms with E-state index in [0.717, 1.165) is 24.1 Å². The second-order valence-corrected chi connectivity index (χ2v) is 5.36. The second kappa shape index (κ2) is 10.8. The number of aromatic nitrogens is 1. The molecule has 1 aliphatic heterocycles. The molecule has 1 N–H and O–H groups in total. The van der Waals surface area contributed by atoms with Gasteiger partial charge in [-0.25, -0.2) is 4.98 Å². The first-order valence-corrected chi connectivity index (χ1v) is 8.39. The number of aliphatic hydroxyl groups is 1. The van der Waals surface area contributed by atoms with Gasteiger partial charge in [-0.1, -0.05) is 25.8 Å². The molecule has 1 aromatic rings. The van der Waals surface area contributed by atoms with Gasteiger partial charge < -0.3 is 14.6 Å². The summed E-state index contributed by atoms with van der Waals surface area (Å²) in [7, 11) is 1.42. The molecule has 2 atom stereocenters. The van der Waals surface area contributed by atoms with E-state index < -0.39 is 0 Å². The van der Waals surface area contributed by atoms with Crippen LogP contribution in [0.5, 0.6) is 0 Å². The van der Waals surface area contributed by atoms with Crippen molar-refractivity contribution in [2.75, 3.05) is 20.3 Å². The van der Waals surface area contributed by atoms with Crippen LogP contribution in [0.2, 0.25) is 0 Å². The molecule has 0 spiro atoms. The molecule has 1 saturated heterocycles. The van der Waals surface area contributed by atoms with E-state index in [-0.39, 0.29) is 24.6 Å². The Hall–Kier alpha value is -1.90. The van der Waals surface area contributed by atoms with Crippen LogP contribution >= 0.6 is 0 Å². The summed E-state index contributed by atoms with van der Waals surface area (Å²) >= 11 is 0. The molecule has 1 aliphatic rings. The SMILES string of the molecule is CC.COC(=O)CC1CCOC(c2ccc(C#CCO)nc2C)C1. The molecule has 0 saturated carbocycles. The molecule has 0 radical (unpaired) electrons. The smallest absolute Gasteiger partial charge is 0.305 e. The van der Waals surface area contributed by atoms with Crippen LogP contribution in [-0.2, 0) is 14.3 Å². The predicted molar refractivity (Wildman–Crippen MR) is 92.3 cm³/mol. The van der Waals surface area contributed by atoms with E-state index in [9.17, 15) is 4.79 Å². The second-order valence-electron chi connectivity index (χ2n) is 5.36. The fraction of sp³-hybridized carbons (Fsp3) is 0.579. The van der Waals surface area contributed by atoms with Crippen molar-refractivity contribution in [2.45, 2.75) is 46.1 Å². The van der Waals surface area contributed by atoms with E-state index in [1.807, 2.05) is 32.9 Å². The van der Waals surface area contributed by atoms with Gasteiger partial charge in [0.2, 0.25) is 0 Å². The lowest BCUT2D eigenvalue weighted by Crippen LogP contribution is -2.23. The summed E-state index contributed by atoms with van der Waals surface area (Å²) in [6.45, 7) is 6.38. The Kier molecular flexibility index (Phi) is 9.06. The number of carbonyl (C=O) groups is 1. The first-order valence-electron chi connectivity index (χ1n) is 8.39. The van der Waals surface area contributed by atoms with E-state index in [2.05, 4.69) is 16.8 Å². The number of nitrogens with zero attached hydrogens (tertiary/aromatic N) is 1. The van der Waals surface area contributed by atoms with Crippen LogP contribution in [-0.4, -0.2) is 36.4 Å². The lowest BCUT2D eigenvalue weighted by atomic mass is 9.89. The molecular formula is C19H27NO4. The van der Waals surface area contributed by atoms with Crippen molar-refractivity contribution in [3.63, 3.8) is 0 Å². The molecular weight excluding hydrogens is 306 g/mol. The van der Waals surface area contributed by atoms with Gasteiger partial charge in [0.05, 0.1) is 13.2 Å². The molecule has 5 heteroatoms. The molecule has 1 fully saturated rings. The van der Waals surface area contributed by atoms with Crippen molar-refractivity contribution in [2.24, 2.45) is 5.92 Å². The summed E-state index contributed by atoms with van der Waals surface area (Å²) in [6.07, 6.45) is 2.05. The van der Waals surface area contributed by atoms with Crippen LogP contribution in [0.3, 0.4) is 0 Å². The van der Waals surface area contributed by atoms with Gasteiger partial charge in [-0.3, -0.25) is 4.79 Å². The monoisotopic (exact) mass is 333 g/mol. The minimum atomic E-state index is -0.177. The summed E-state index contributed by atoms with van der Waals surface area (Å²) in [4.78, 5) is 15.9. The lowest BCUT2D eigenvalue weighted by molar-refractivity contribution is -0.143. The number of ether oxygens (including phenoxy) is 2. The van der Waals surface area contributed by atoms with E-state index in [4.69, 9.17) is 14.6 Å². The van der Waals surface area contributed by atoms with Gasteiger partial charge in [0.1, 0.15) is 12.3 Å². The molecule has 2 heterocycles. The maximum absolute atomic E-state index is 11.4. The van der Waals surface area contributed by atoms with Gasteiger partial charge in [0.25, 0.3) is 0 Å². The van der Waals surface area contributed by atoms with Crippen molar-refractivity contribution >= 4 is 5.97 Å². The number of aryl methyl sites for hydroxylation is 1. The Morgan fingerprint density at radius 1 is 1.46 bits per heavy atom. The van der Waals surface area contributed by atoms with Gasteiger partial charge in [-0.05, 0) is 37.7 Å². The maximum Gasteiger partial charge on any atom is 0.305 e. The molecule has 0 amide bonds. The van der Waals surface area contributed by atoms with Crippen molar-refractivity contribution in [1.82, 2.24) is 4.98 Å². The Morgan fingerprint density at radius 3 is 2.83 bits per heavy atom. The molecule has 0 bridgehead atoms. The van der Waals surface area contributed by atoms with Crippen LogP contribution < -0.4 is 0 Å². The Morgan fingerprint density at radius 2 is 2.21 bits per heavy atom. The highest BCUT2D eigenvalue weighted by atomic mass is 16.5. The summed E-state index contributed by atoms with van der Waals surface area (Å²) in [6, 6.07) is 3.80. The van der Waals surface area contributed by atoms with Gasteiger partial charge in [-0.2, -0.15) is 0 Å². The first-order chi connectivity index (χ1) is 11.6. The summed E-state index contributed by atoms with van der Waals surface area (Å²) in [5.74, 6) is 5.49. The standard InChI is InChI=1S/C17H21NO4.C2H6/c1-12-15(6-5-14(18-12)4-3-8-19)16-10-13(7-9-22-16)11-17(20)21-2;1-2/h5-6,13,16,19H,7-11H2,1-2H3;1-2H3. The molecule has 132 valence electrons. The average molecular weight is 333 g/mol. The van der Waals surface area contributed by atoms with Crippen molar-refractivity contribution in [3.05, 3.63) is 29.1 Å². The fourth-order valence-corrected chi connectivity index (χ4v) is 2.70. The third kappa shape index (κ3) is 5.95. The van der Waals surface area contributed by atoms with Crippen LogP contribution in [0.25, 0.3) is 0 Å². The molecule has 1 aromatic heterocycles. The average Bonchev–Trinajstić information content (AvgIpc) is 2.62. The van der Waals surface area contributed by atoms with Crippen LogP contribution in [0.4, 0.5) is 0 Å². The molecule has 0 aromatic carbocycles. The van der Waals surface area contributed by atoms with Gasteiger partial charge in [0, 0.05) is 24.3 Å². The topological polar surface area (TPSA) is 68.7 Å². The lowest BCUT2D eigenvalue weighted by Gasteiger charge is -2.29. The maximum atomic E-state index is 11.4. The number of hydrogen-bond acceptors (Lipinski definition) is 5. The molecule has 5 nitrogen and oxygen atoms in total. The zero-order valence-corrected chi connectivity index (χ0v) is 15.0. The number of carbonyl (C=O) groups excluding carboxylic acids is 1. The molecule has 2 unspecified atom stereocenters. The van der Waals surface area contributed by atoms with E-state index in [1.54, 1.807) is 0 Å². The number of hydrogen-bond donors (Lipinski definition) is 1. The minimum absolute atomic E-state index is 0.0456. The van der Waals surface area contributed by atoms with Crippen molar-refractivity contribution < 1.29 is 19.4 Å². The highest BCUT2D eigenvalue weighted by Crippen LogP contribution is 2.34. The molecule has 0 aliphatic carbocycles. The van der Waals surface area contributed by atoms with Gasteiger partial charge in [-0.15, -0.1) is 0 Å². The normalized spacial score (nSPS) is 19.4. The third-order valence-electron chi connectivity index (χ3n) is 3.84.